The Morgan fingerprint density at radius 3 is 2.62 bits per heavy atom. The van der Waals surface area contributed by atoms with Crippen LogP contribution in [-0.2, 0) is 11.3 Å². The van der Waals surface area contributed by atoms with Gasteiger partial charge in [0, 0.05) is 27.5 Å². The number of H-pyrrole nitrogens is 1. The number of nitrogens with one attached hydrogen (secondary N) is 1. The Morgan fingerprint density at radius 1 is 1.03 bits per heavy atom. The van der Waals surface area contributed by atoms with Crippen molar-refractivity contribution in [2.75, 3.05) is 11.5 Å². The first-order valence-electron chi connectivity index (χ1n) is 12.5. The number of ether oxygens (including phenoxy) is 1. The van der Waals surface area contributed by atoms with Gasteiger partial charge in [-0.25, -0.2) is 9.18 Å². The normalized spacial score (nSPS) is 12.8. The van der Waals surface area contributed by atoms with Crippen molar-refractivity contribution in [1.29, 1.82) is 0 Å². The van der Waals surface area contributed by atoms with Gasteiger partial charge >= 0.3 is 5.97 Å². The molecule has 0 spiro atoms. The van der Waals surface area contributed by atoms with E-state index in [1.54, 1.807) is 36.1 Å². The number of carbonyl (C=O) groups excluding carboxylic acids is 3. The lowest BCUT2D eigenvalue weighted by Gasteiger charge is -2.21. The lowest BCUT2D eigenvalue weighted by molar-refractivity contribution is 0.0526. The maximum absolute atomic E-state index is 13.8. The van der Waals surface area contributed by atoms with Crippen molar-refractivity contribution in [1.82, 2.24) is 4.98 Å². The molecule has 8 heteroatoms. The van der Waals surface area contributed by atoms with E-state index in [0.717, 1.165) is 33.0 Å². The number of primary amides is 1. The molecule has 2 heterocycles. The predicted octanol–water partition coefficient (Wildman–Crippen LogP) is 5.87. The zero-order chi connectivity index (χ0) is 27.4. The van der Waals surface area contributed by atoms with E-state index in [2.05, 4.69) is 4.98 Å². The van der Waals surface area contributed by atoms with E-state index in [1.807, 2.05) is 37.3 Å². The number of benzene rings is 4. The monoisotopic (exact) mass is 521 g/mol. The first kappa shape index (κ1) is 24.4. The van der Waals surface area contributed by atoms with Crippen molar-refractivity contribution in [3.05, 3.63) is 100 Å². The van der Waals surface area contributed by atoms with Gasteiger partial charge in [-0.05, 0) is 72.5 Å². The van der Waals surface area contributed by atoms with Gasteiger partial charge in [-0.1, -0.05) is 30.3 Å². The molecule has 0 fully saturated rings. The summed E-state index contributed by atoms with van der Waals surface area (Å²) in [6.45, 7) is 4.28. The Hall–Kier alpha value is -4.98. The van der Waals surface area contributed by atoms with E-state index in [-0.39, 0.29) is 12.5 Å². The molecule has 1 aromatic heterocycles. The van der Waals surface area contributed by atoms with Gasteiger partial charge in [0.15, 0.2) is 0 Å². The Balaban J connectivity index is 1.53. The number of rotatable bonds is 5. The van der Waals surface area contributed by atoms with E-state index in [1.165, 1.54) is 12.1 Å². The van der Waals surface area contributed by atoms with Crippen LogP contribution in [0.3, 0.4) is 0 Å². The summed E-state index contributed by atoms with van der Waals surface area (Å²) in [5.74, 6) is -1.72. The maximum atomic E-state index is 13.8. The van der Waals surface area contributed by atoms with Gasteiger partial charge in [0.1, 0.15) is 5.82 Å². The lowest BCUT2D eigenvalue weighted by Crippen LogP contribution is -2.24. The molecule has 1 aliphatic rings. The van der Waals surface area contributed by atoms with E-state index in [9.17, 15) is 18.8 Å². The SMILES string of the molecule is CCOC(=O)c1ccc2c(c1)[nH]c1c(C(N)=O)ccc(-c3cccc(N4Cc5ccc(F)cc5C4=O)c3C)c12. The van der Waals surface area contributed by atoms with Crippen molar-refractivity contribution in [2.24, 2.45) is 5.73 Å². The highest BCUT2D eigenvalue weighted by Gasteiger charge is 2.30. The number of carbonyl (C=O) groups is 3. The Kier molecular flexibility index (Phi) is 5.68. The number of anilines is 1. The van der Waals surface area contributed by atoms with Crippen molar-refractivity contribution >= 4 is 45.3 Å². The molecule has 0 atom stereocenters. The molecule has 5 aromatic rings. The molecule has 6 rings (SSSR count). The van der Waals surface area contributed by atoms with Gasteiger partial charge in [-0.15, -0.1) is 0 Å². The fourth-order valence-corrected chi connectivity index (χ4v) is 5.46. The number of halogens is 1. The topological polar surface area (TPSA) is 105 Å². The largest absolute Gasteiger partial charge is 0.462 e. The molecule has 0 aliphatic carbocycles. The summed E-state index contributed by atoms with van der Waals surface area (Å²) in [6, 6.07) is 18.7. The number of aromatic amines is 1. The molecule has 194 valence electrons. The predicted molar refractivity (Wildman–Crippen MR) is 147 cm³/mol. The number of nitrogens with two attached hydrogens (primary N) is 1. The molecule has 0 saturated heterocycles. The smallest absolute Gasteiger partial charge is 0.338 e. The number of amides is 2. The second kappa shape index (κ2) is 9.09. The molecule has 0 bridgehead atoms. The Bertz CT molecular complexity index is 1860. The van der Waals surface area contributed by atoms with Crippen molar-refractivity contribution in [2.45, 2.75) is 20.4 Å². The van der Waals surface area contributed by atoms with Crippen LogP contribution in [-0.4, -0.2) is 29.4 Å². The zero-order valence-corrected chi connectivity index (χ0v) is 21.3. The summed E-state index contributed by atoms with van der Waals surface area (Å²) in [7, 11) is 0. The summed E-state index contributed by atoms with van der Waals surface area (Å²) in [4.78, 5) is 42.8. The molecule has 39 heavy (non-hydrogen) atoms. The lowest BCUT2D eigenvalue weighted by atomic mass is 9.93. The molecular weight excluding hydrogens is 497 g/mol. The number of nitrogens with zero attached hydrogens (tertiary/aromatic N) is 1. The summed E-state index contributed by atoms with van der Waals surface area (Å²) in [5.41, 5.74) is 12.0. The van der Waals surface area contributed by atoms with E-state index >= 15 is 0 Å². The minimum atomic E-state index is -0.582. The molecule has 1 aliphatic heterocycles. The van der Waals surface area contributed by atoms with Gasteiger partial charge < -0.3 is 20.4 Å². The van der Waals surface area contributed by atoms with Crippen molar-refractivity contribution < 1.29 is 23.5 Å². The number of esters is 1. The number of hydrogen-bond acceptors (Lipinski definition) is 4. The number of aromatic nitrogens is 1. The number of fused-ring (bicyclic) bond motifs is 4. The van der Waals surface area contributed by atoms with Crippen molar-refractivity contribution in [3.63, 3.8) is 0 Å². The Labute approximate surface area is 223 Å². The average Bonchev–Trinajstić information content (AvgIpc) is 3.46. The van der Waals surface area contributed by atoms with Crippen LogP contribution in [0.2, 0.25) is 0 Å². The maximum Gasteiger partial charge on any atom is 0.338 e. The third-order valence-corrected chi connectivity index (χ3v) is 7.29. The molecular formula is C31H24FN3O4. The quantitative estimate of drug-likeness (QED) is 0.282. The fourth-order valence-electron chi connectivity index (χ4n) is 5.46. The number of hydrogen-bond donors (Lipinski definition) is 2. The van der Waals surface area contributed by atoms with Crippen LogP contribution in [0.15, 0.2) is 66.7 Å². The van der Waals surface area contributed by atoms with E-state index in [4.69, 9.17) is 10.5 Å². The van der Waals surface area contributed by atoms with Gasteiger partial charge in [0.25, 0.3) is 11.8 Å². The van der Waals surface area contributed by atoms with Crippen LogP contribution in [0, 0.1) is 12.7 Å². The summed E-state index contributed by atoms with van der Waals surface area (Å²) in [6.07, 6.45) is 0. The minimum Gasteiger partial charge on any atom is -0.462 e. The highest BCUT2D eigenvalue weighted by molar-refractivity contribution is 6.21. The Morgan fingerprint density at radius 2 is 1.85 bits per heavy atom. The first-order valence-corrected chi connectivity index (χ1v) is 12.5. The van der Waals surface area contributed by atoms with Gasteiger partial charge in [0.05, 0.1) is 29.8 Å². The van der Waals surface area contributed by atoms with Gasteiger partial charge in [-0.2, -0.15) is 0 Å². The molecule has 2 amide bonds. The summed E-state index contributed by atoms with van der Waals surface area (Å²) < 4.78 is 19.0. The fraction of sp³-hybridized carbons (Fsp3) is 0.129. The van der Waals surface area contributed by atoms with Gasteiger partial charge in [0.2, 0.25) is 0 Å². The van der Waals surface area contributed by atoms with Crippen molar-refractivity contribution in [3.8, 4) is 11.1 Å². The van der Waals surface area contributed by atoms with Crippen LogP contribution in [0.5, 0.6) is 0 Å². The zero-order valence-electron chi connectivity index (χ0n) is 21.3. The second-order valence-electron chi connectivity index (χ2n) is 9.52. The molecule has 7 nitrogen and oxygen atoms in total. The molecule has 3 N–H and O–H groups in total. The third kappa shape index (κ3) is 3.84. The van der Waals surface area contributed by atoms with Crippen LogP contribution < -0.4 is 10.6 Å². The van der Waals surface area contributed by atoms with Crippen LogP contribution >= 0.6 is 0 Å². The van der Waals surface area contributed by atoms with Crippen LogP contribution in [0.1, 0.15) is 49.1 Å². The molecule has 0 saturated carbocycles. The molecule has 4 aromatic carbocycles. The highest BCUT2D eigenvalue weighted by atomic mass is 19.1. The van der Waals surface area contributed by atoms with Crippen LogP contribution in [0.4, 0.5) is 10.1 Å². The van der Waals surface area contributed by atoms with Crippen LogP contribution in [0.25, 0.3) is 32.9 Å². The molecule has 0 unspecified atom stereocenters. The second-order valence-corrected chi connectivity index (χ2v) is 9.52. The summed E-state index contributed by atoms with van der Waals surface area (Å²) in [5, 5.41) is 1.58. The van der Waals surface area contributed by atoms with E-state index < -0.39 is 17.7 Å². The van der Waals surface area contributed by atoms with E-state index in [0.29, 0.717) is 40.0 Å². The summed E-state index contributed by atoms with van der Waals surface area (Å²) >= 11 is 0. The first-order chi connectivity index (χ1) is 18.8. The minimum absolute atomic E-state index is 0.252. The highest BCUT2D eigenvalue weighted by Crippen LogP contribution is 2.41. The standard InChI is InChI=1S/C31H24FN3O4/c1-3-39-31(38)17-8-10-22-25(13-17)34-28-23(29(33)36)12-11-21(27(22)28)20-5-4-6-26(16(20)2)35-15-18-7-9-19(32)14-24(18)30(35)37/h4-14,34H,3,15H2,1-2H3,(H2,33,36). The molecule has 0 radical (unpaired) electrons. The third-order valence-electron chi connectivity index (χ3n) is 7.29. The van der Waals surface area contributed by atoms with Gasteiger partial charge in [-0.3, -0.25) is 9.59 Å². The average molecular weight is 522 g/mol.